The van der Waals surface area contributed by atoms with Gasteiger partial charge in [0.25, 0.3) is 5.56 Å². The highest BCUT2D eigenvalue weighted by atomic mass is 32.2. The summed E-state index contributed by atoms with van der Waals surface area (Å²) in [5, 5.41) is 0.750. The van der Waals surface area contributed by atoms with Crippen molar-refractivity contribution in [2.45, 2.75) is 37.4 Å². The number of anilines is 1. The van der Waals surface area contributed by atoms with Crippen molar-refractivity contribution in [2.24, 2.45) is 0 Å². The number of nitrogens with zero attached hydrogens (tertiary/aromatic N) is 6. The number of rotatable bonds is 5. The Morgan fingerprint density at radius 3 is 2.68 bits per heavy atom. The number of fused-ring (bicyclic) bond motifs is 1. The summed E-state index contributed by atoms with van der Waals surface area (Å²) >= 11 is 1.57. The van der Waals surface area contributed by atoms with E-state index in [9.17, 15) is 9.59 Å². The first-order chi connectivity index (χ1) is 13.7. The van der Waals surface area contributed by atoms with Crippen LogP contribution < -0.4 is 10.5 Å². The average molecular weight is 401 g/mol. The van der Waals surface area contributed by atoms with Gasteiger partial charge in [-0.2, -0.15) is 0 Å². The minimum atomic E-state index is -0.112. The molecular weight excluding hydrogens is 376 g/mol. The van der Waals surface area contributed by atoms with Gasteiger partial charge in [-0.1, -0.05) is 25.1 Å². The second kappa shape index (κ2) is 8.30. The zero-order chi connectivity index (χ0) is 19.5. The average Bonchev–Trinajstić information content (AvgIpc) is 3.12. The predicted molar refractivity (Wildman–Crippen MR) is 108 cm³/mol. The van der Waals surface area contributed by atoms with Gasteiger partial charge in [0.05, 0.1) is 6.04 Å². The van der Waals surface area contributed by atoms with E-state index < -0.39 is 0 Å². The maximum Gasteiger partial charge on any atom is 0.254 e. The van der Waals surface area contributed by atoms with Crippen molar-refractivity contribution in [2.75, 3.05) is 36.8 Å². The maximum atomic E-state index is 12.8. The quantitative estimate of drug-likeness (QED) is 0.701. The van der Waals surface area contributed by atoms with E-state index in [4.69, 9.17) is 0 Å². The number of hydrogen-bond donors (Lipinski definition) is 0. The minimum Gasteiger partial charge on any atom is -0.339 e. The number of aromatic nitrogens is 4. The zero-order valence-corrected chi connectivity index (χ0v) is 16.8. The van der Waals surface area contributed by atoms with Crippen LogP contribution in [0.2, 0.25) is 0 Å². The smallest absolute Gasteiger partial charge is 0.254 e. The summed E-state index contributed by atoms with van der Waals surface area (Å²) in [7, 11) is 0. The molecule has 1 saturated heterocycles. The lowest BCUT2D eigenvalue weighted by molar-refractivity contribution is -0.132. The van der Waals surface area contributed by atoms with Crippen molar-refractivity contribution in [3.8, 4) is 0 Å². The zero-order valence-electron chi connectivity index (χ0n) is 16.0. The van der Waals surface area contributed by atoms with E-state index in [1.807, 2.05) is 4.90 Å². The molecule has 0 aliphatic carbocycles. The largest absolute Gasteiger partial charge is 0.339 e. The van der Waals surface area contributed by atoms with Crippen LogP contribution in [0.3, 0.4) is 0 Å². The van der Waals surface area contributed by atoms with Crippen molar-refractivity contribution in [1.29, 1.82) is 0 Å². The van der Waals surface area contributed by atoms with E-state index in [0.717, 1.165) is 29.4 Å². The molecule has 4 rings (SSSR count). The number of piperazine rings is 1. The fourth-order valence-electron chi connectivity index (χ4n) is 3.67. The molecule has 28 heavy (non-hydrogen) atoms. The highest BCUT2D eigenvalue weighted by Crippen LogP contribution is 2.32. The molecule has 1 amide bonds. The lowest BCUT2D eigenvalue weighted by atomic mass is 10.2. The SMILES string of the molecule is CCCc1cc(=O)n2c(n1)SCC2CC(=O)N1CCN(c2ncccn2)CC1. The maximum absolute atomic E-state index is 12.8. The van der Waals surface area contributed by atoms with Crippen molar-refractivity contribution < 1.29 is 4.79 Å². The first-order valence-corrected chi connectivity index (χ1v) is 10.7. The molecule has 8 nitrogen and oxygen atoms in total. The molecule has 1 unspecified atom stereocenters. The third-order valence-electron chi connectivity index (χ3n) is 5.13. The van der Waals surface area contributed by atoms with Crippen LogP contribution in [0.15, 0.2) is 34.5 Å². The van der Waals surface area contributed by atoms with Crippen LogP contribution in [0.1, 0.15) is 31.5 Å². The standard InChI is InChI=1S/C19H24N6O2S/c1-2-4-14-11-17(27)25-15(13-28-19(25)22-14)12-16(26)23-7-9-24(10-8-23)18-20-5-3-6-21-18/h3,5-6,11,15H,2,4,7-10,12-13H2,1H3. The van der Waals surface area contributed by atoms with Gasteiger partial charge in [0.15, 0.2) is 5.16 Å². The van der Waals surface area contributed by atoms with E-state index in [1.165, 1.54) is 0 Å². The molecule has 0 spiro atoms. The lowest BCUT2D eigenvalue weighted by Crippen LogP contribution is -2.49. The van der Waals surface area contributed by atoms with Crippen molar-refractivity contribution in [1.82, 2.24) is 24.4 Å². The van der Waals surface area contributed by atoms with Crippen LogP contribution in [0.5, 0.6) is 0 Å². The summed E-state index contributed by atoms with van der Waals surface area (Å²) in [6, 6.07) is 3.30. The fourth-order valence-corrected chi connectivity index (χ4v) is 4.84. The van der Waals surface area contributed by atoms with Crippen LogP contribution in [0.25, 0.3) is 0 Å². The highest BCUT2D eigenvalue weighted by molar-refractivity contribution is 7.99. The molecule has 0 aromatic carbocycles. The summed E-state index contributed by atoms with van der Waals surface area (Å²) in [4.78, 5) is 42.5. The van der Waals surface area contributed by atoms with E-state index in [0.29, 0.717) is 38.5 Å². The van der Waals surface area contributed by atoms with Crippen molar-refractivity contribution in [3.63, 3.8) is 0 Å². The van der Waals surface area contributed by atoms with Gasteiger partial charge in [-0.05, 0) is 12.5 Å². The second-order valence-corrected chi connectivity index (χ2v) is 8.06. The summed E-state index contributed by atoms with van der Waals surface area (Å²) in [5.41, 5.74) is 0.805. The third kappa shape index (κ3) is 3.89. The van der Waals surface area contributed by atoms with E-state index >= 15 is 0 Å². The van der Waals surface area contributed by atoms with Gasteiger partial charge in [-0.15, -0.1) is 0 Å². The molecule has 2 aliphatic rings. The van der Waals surface area contributed by atoms with E-state index in [-0.39, 0.29) is 17.5 Å². The summed E-state index contributed by atoms with van der Waals surface area (Å²) in [6.07, 6.45) is 5.57. The number of carbonyl (C=O) groups excluding carboxylic acids is 1. The lowest BCUT2D eigenvalue weighted by Gasteiger charge is -2.35. The first kappa shape index (κ1) is 18.9. The Kier molecular flexibility index (Phi) is 5.61. The van der Waals surface area contributed by atoms with Gasteiger partial charge in [0.2, 0.25) is 11.9 Å². The molecule has 0 bridgehead atoms. The number of amides is 1. The van der Waals surface area contributed by atoms with Gasteiger partial charge >= 0.3 is 0 Å². The molecule has 148 valence electrons. The number of hydrogen-bond acceptors (Lipinski definition) is 7. The second-order valence-electron chi connectivity index (χ2n) is 7.07. The summed E-state index contributed by atoms with van der Waals surface area (Å²) < 4.78 is 1.70. The normalized spacial score (nSPS) is 19.0. The Balaban J connectivity index is 1.38. The molecule has 1 atom stereocenters. The number of thioether (sulfide) groups is 1. The van der Waals surface area contributed by atoms with E-state index in [2.05, 4.69) is 26.8 Å². The van der Waals surface area contributed by atoms with Crippen LogP contribution in [0, 0.1) is 0 Å². The van der Waals surface area contributed by atoms with Gasteiger partial charge in [0.1, 0.15) is 0 Å². The van der Waals surface area contributed by atoms with Crippen LogP contribution in [-0.2, 0) is 11.2 Å². The Morgan fingerprint density at radius 2 is 1.96 bits per heavy atom. The summed E-state index contributed by atoms with van der Waals surface area (Å²) in [5.74, 6) is 1.52. The fraction of sp³-hybridized carbons (Fsp3) is 0.526. The highest BCUT2D eigenvalue weighted by Gasteiger charge is 2.30. The van der Waals surface area contributed by atoms with Gasteiger partial charge in [0, 0.05) is 62.5 Å². The van der Waals surface area contributed by atoms with Crippen molar-refractivity contribution in [3.05, 3.63) is 40.6 Å². The van der Waals surface area contributed by atoms with Crippen LogP contribution in [-0.4, -0.2) is 62.3 Å². The molecule has 2 aliphatic heterocycles. The van der Waals surface area contributed by atoms with Crippen LogP contribution >= 0.6 is 11.8 Å². The molecule has 0 saturated carbocycles. The number of aryl methyl sites for hydroxylation is 1. The molecule has 2 aromatic heterocycles. The molecular formula is C19H24N6O2S. The monoisotopic (exact) mass is 400 g/mol. The molecule has 2 aromatic rings. The molecule has 4 heterocycles. The third-order valence-corrected chi connectivity index (χ3v) is 6.22. The Hall–Kier alpha value is -2.42. The number of carbonyl (C=O) groups is 1. The van der Waals surface area contributed by atoms with Crippen molar-refractivity contribution >= 4 is 23.6 Å². The topological polar surface area (TPSA) is 84.2 Å². The minimum absolute atomic E-state index is 0.0395. The molecule has 0 radical (unpaired) electrons. The molecule has 9 heteroatoms. The molecule has 0 N–H and O–H groups in total. The van der Waals surface area contributed by atoms with Gasteiger partial charge in [-0.3, -0.25) is 14.2 Å². The van der Waals surface area contributed by atoms with Crippen LogP contribution in [0.4, 0.5) is 5.95 Å². The Labute approximate surface area is 168 Å². The Bertz CT molecular complexity index is 895. The Morgan fingerprint density at radius 1 is 1.21 bits per heavy atom. The van der Waals surface area contributed by atoms with E-state index in [1.54, 1.807) is 40.9 Å². The van der Waals surface area contributed by atoms with Gasteiger partial charge < -0.3 is 9.80 Å². The predicted octanol–water partition coefficient (Wildman–Crippen LogP) is 1.37. The van der Waals surface area contributed by atoms with Gasteiger partial charge in [-0.25, -0.2) is 15.0 Å². The summed E-state index contributed by atoms with van der Waals surface area (Å²) in [6.45, 7) is 4.80. The first-order valence-electron chi connectivity index (χ1n) is 9.70. The molecule has 1 fully saturated rings.